The van der Waals surface area contributed by atoms with Crippen LogP contribution in [0.4, 0.5) is 17.1 Å². The molecule has 0 bridgehead atoms. The first-order chi connectivity index (χ1) is 12.2. The Bertz CT molecular complexity index is 888. The van der Waals surface area contributed by atoms with E-state index >= 15 is 0 Å². The first-order valence-corrected chi connectivity index (χ1v) is 9.30. The van der Waals surface area contributed by atoms with Crippen molar-refractivity contribution in [3.05, 3.63) is 76.5 Å². The average Bonchev–Trinajstić information content (AvgIpc) is 3.31. The van der Waals surface area contributed by atoms with Gasteiger partial charge in [0.05, 0.1) is 0 Å². The molecule has 126 valence electrons. The summed E-state index contributed by atoms with van der Waals surface area (Å²) >= 11 is 1.80. The van der Waals surface area contributed by atoms with Crippen molar-refractivity contribution in [2.45, 2.75) is 19.3 Å². The molecule has 1 heterocycles. The normalized spacial score (nSPS) is 18.6. The van der Waals surface area contributed by atoms with E-state index in [1.54, 1.807) is 11.3 Å². The van der Waals surface area contributed by atoms with E-state index < -0.39 is 0 Å². The van der Waals surface area contributed by atoms with Gasteiger partial charge >= 0.3 is 0 Å². The maximum atomic E-state index is 12.5. The number of carbonyl (C=O) groups is 1. The molecule has 2 atom stereocenters. The van der Waals surface area contributed by atoms with Crippen LogP contribution in [0.3, 0.4) is 0 Å². The van der Waals surface area contributed by atoms with E-state index in [2.05, 4.69) is 29.7 Å². The van der Waals surface area contributed by atoms with Gasteiger partial charge in [0.25, 0.3) is 0 Å². The minimum atomic E-state index is 0.101. The smallest absolute Gasteiger partial charge is 0.228 e. The molecule has 3 aromatic rings. The van der Waals surface area contributed by atoms with Crippen LogP contribution in [0, 0.1) is 12.8 Å². The van der Waals surface area contributed by atoms with Gasteiger partial charge in [0.15, 0.2) is 0 Å². The third kappa shape index (κ3) is 3.74. The highest BCUT2D eigenvalue weighted by atomic mass is 32.1. The predicted molar refractivity (Wildman–Crippen MR) is 105 cm³/mol. The van der Waals surface area contributed by atoms with Crippen LogP contribution in [0.15, 0.2) is 66.7 Å². The zero-order chi connectivity index (χ0) is 17.2. The minimum absolute atomic E-state index is 0.101. The van der Waals surface area contributed by atoms with Crippen molar-refractivity contribution in [1.29, 1.82) is 0 Å². The summed E-state index contributed by atoms with van der Waals surface area (Å²) in [5.74, 6) is 0.612. The third-order valence-electron chi connectivity index (χ3n) is 4.45. The van der Waals surface area contributed by atoms with Gasteiger partial charge in [-0.1, -0.05) is 24.3 Å². The summed E-state index contributed by atoms with van der Waals surface area (Å²) in [6.45, 7) is 2.11. The van der Waals surface area contributed by atoms with Gasteiger partial charge in [-0.3, -0.25) is 4.79 Å². The van der Waals surface area contributed by atoms with Crippen LogP contribution in [0.1, 0.15) is 22.1 Å². The summed E-state index contributed by atoms with van der Waals surface area (Å²) in [5, 5.41) is 6.41. The van der Waals surface area contributed by atoms with Crippen LogP contribution in [0.25, 0.3) is 0 Å². The van der Waals surface area contributed by atoms with Crippen LogP contribution < -0.4 is 10.6 Å². The quantitative estimate of drug-likeness (QED) is 0.635. The second-order valence-electron chi connectivity index (χ2n) is 6.46. The largest absolute Gasteiger partial charge is 0.355 e. The third-order valence-corrected chi connectivity index (χ3v) is 5.58. The Morgan fingerprint density at radius 2 is 1.72 bits per heavy atom. The van der Waals surface area contributed by atoms with E-state index in [9.17, 15) is 4.79 Å². The summed E-state index contributed by atoms with van der Waals surface area (Å²) in [7, 11) is 0. The van der Waals surface area contributed by atoms with Crippen molar-refractivity contribution >= 4 is 34.3 Å². The van der Waals surface area contributed by atoms with Gasteiger partial charge in [0.2, 0.25) is 5.91 Å². The number of hydrogen-bond acceptors (Lipinski definition) is 3. The Kier molecular flexibility index (Phi) is 4.28. The lowest BCUT2D eigenvalue weighted by atomic mass is 10.2. The van der Waals surface area contributed by atoms with Crippen molar-refractivity contribution in [2.75, 3.05) is 10.6 Å². The monoisotopic (exact) mass is 348 g/mol. The van der Waals surface area contributed by atoms with Crippen LogP contribution in [0.2, 0.25) is 0 Å². The number of anilines is 3. The van der Waals surface area contributed by atoms with Crippen molar-refractivity contribution in [3.63, 3.8) is 0 Å². The molecule has 2 N–H and O–H groups in total. The Hall–Kier alpha value is -2.59. The number of nitrogens with one attached hydrogen (secondary N) is 2. The molecule has 1 aliphatic rings. The van der Waals surface area contributed by atoms with E-state index in [-0.39, 0.29) is 11.8 Å². The molecule has 4 heteroatoms. The van der Waals surface area contributed by atoms with Gasteiger partial charge < -0.3 is 10.6 Å². The van der Waals surface area contributed by atoms with Gasteiger partial charge in [0.1, 0.15) is 0 Å². The number of amides is 1. The molecule has 0 unspecified atom stereocenters. The second kappa shape index (κ2) is 6.73. The second-order valence-corrected chi connectivity index (χ2v) is 7.78. The molecule has 1 saturated carbocycles. The Morgan fingerprint density at radius 1 is 0.960 bits per heavy atom. The molecule has 0 spiro atoms. The lowest BCUT2D eigenvalue weighted by Crippen LogP contribution is -2.14. The highest BCUT2D eigenvalue weighted by molar-refractivity contribution is 7.12. The van der Waals surface area contributed by atoms with Crippen molar-refractivity contribution in [1.82, 2.24) is 0 Å². The molecule has 25 heavy (non-hydrogen) atoms. The lowest BCUT2D eigenvalue weighted by molar-refractivity contribution is -0.117. The first-order valence-electron chi connectivity index (χ1n) is 8.48. The minimum Gasteiger partial charge on any atom is -0.355 e. The lowest BCUT2D eigenvalue weighted by Gasteiger charge is -2.09. The van der Waals surface area contributed by atoms with Crippen molar-refractivity contribution < 1.29 is 4.79 Å². The summed E-state index contributed by atoms with van der Waals surface area (Å²) in [5.41, 5.74) is 2.82. The van der Waals surface area contributed by atoms with Gasteiger partial charge in [0, 0.05) is 38.7 Å². The number of para-hydroxylation sites is 1. The zero-order valence-corrected chi connectivity index (χ0v) is 14.8. The molecular formula is C21H20N2OS. The summed E-state index contributed by atoms with van der Waals surface area (Å²) < 4.78 is 0. The van der Waals surface area contributed by atoms with E-state index in [1.807, 2.05) is 54.6 Å². The van der Waals surface area contributed by atoms with Crippen LogP contribution in [0.5, 0.6) is 0 Å². The molecule has 0 radical (unpaired) electrons. The van der Waals surface area contributed by atoms with Gasteiger partial charge in [-0.05, 0) is 55.8 Å². The van der Waals surface area contributed by atoms with Crippen LogP contribution in [-0.2, 0) is 4.79 Å². The number of thiophene rings is 1. The fraction of sp³-hybridized carbons (Fsp3) is 0.190. The molecule has 1 amide bonds. The Balaban J connectivity index is 1.40. The number of benzene rings is 2. The standard InChI is InChI=1S/C21H20N2OS/c1-14-10-11-20(25-14)18-13-19(18)21(24)23-17-9-5-8-16(12-17)22-15-6-3-2-4-7-15/h2-12,18-19,22H,13H2,1H3,(H,23,24)/t18-,19-/m1/s1. The molecule has 1 fully saturated rings. The Morgan fingerprint density at radius 3 is 2.48 bits per heavy atom. The highest BCUT2D eigenvalue weighted by Gasteiger charge is 2.44. The molecule has 4 rings (SSSR count). The number of rotatable bonds is 5. The van der Waals surface area contributed by atoms with E-state index in [1.165, 1.54) is 9.75 Å². The fourth-order valence-electron chi connectivity index (χ4n) is 3.05. The fourth-order valence-corrected chi connectivity index (χ4v) is 4.11. The molecular weight excluding hydrogens is 328 g/mol. The highest BCUT2D eigenvalue weighted by Crippen LogP contribution is 2.50. The molecule has 0 aliphatic heterocycles. The van der Waals surface area contributed by atoms with Crippen molar-refractivity contribution in [2.24, 2.45) is 5.92 Å². The van der Waals surface area contributed by atoms with Crippen LogP contribution >= 0.6 is 11.3 Å². The van der Waals surface area contributed by atoms with Gasteiger partial charge in [-0.15, -0.1) is 11.3 Å². The number of aryl methyl sites for hydroxylation is 1. The van der Waals surface area contributed by atoms with E-state index in [0.29, 0.717) is 5.92 Å². The maximum Gasteiger partial charge on any atom is 0.228 e. The molecule has 1 aromatic heterocycles. The predicted octanol–water partition coefficient (Wildman–Crippen LogP) is 5.54. The summed E-state index contributed by atoms with van der Waals surface area (Å²) in [6.07, 6.45) is 0.952. The SMILES string of the molecule is Cc1ccc([C@@H]2C[C@H]2C(=O)Nc2cccc(Nc3ccccc3)c2)s1. The molecule has 2 aromatic carbocycles. The molecule has 3 nitrogen and oxygen atoms in total. The summed E-state index contributed by atoms with van der Waals surface area (Å²) in [4.78, 5) is 15.1. The number of carbonyl (C=O) groups excluding carboxylic acids is 1. The van der Waals surface area contributed by atoms with E-state index in [4.69, 9.17) is 0 Å². The van der Waals surface area contributed by atoms with Crippen LogP contribution in [-0.4, -0.2) is 5.91 Å². The van der Waals surface area contributed by atoms with Crippen molar-refractivity contribution in [3.8, 4) is 0 Å². The first kappa shape index (κ1) is 15.9. The molecule has 0 saturated heterocycles. The number of hydrogen-bond donors (Lipinski definition) is 2. The van der Waals surface area contributed by atoms with Gasteiger partial charge in [-0.25, -0.2) is 0 Å². The van der Waals surface area contributed by atoms with E-state index in [0.717, 1.165) is 23.5 Å². The Labute approximate surface area is 151 Å². The van der Waals surface area contributed by atoms with Gasteiger partial charge in [-0.2, -0.15) is 0 Å². The topological polar surface area (TPSA) is 41.1 Å². The maximum absolute atomic E-state index is 12.5. The zero-order valence-electron chi connectivity index (χ0n) is 14.0. The molecule has 1 aliphatic carbocycles. The summed E-state index contributed by atoms with van der Waals surface area (Å²) in [6, 6.07) is 22.1. The average molecular weight is 348 g/mol.